The van der Waals surface area contributed by atoms with E-state index in [0.717, 1.165) is 26.1 Å². The number of rotatable bonds is 3. The number of hydrogen-bond acceptors (Lipinski definition) is 4. The summed E-state index contributed by atoms with van der Waals surface area (Å²) in [7, 11) is 3.90. The van der Waals surface area contributed by atoms with E-state index < -0.39 is 0 Å². The zero-order chi connectivity index (χ0) is 14.0. The number of anilines is 1. The zero-order valence-corrected chi connectivity index (χ0v) is 11.5. The summed E-state index contributed by atoms with van der Waals surface area (Å²) in [5.74, 6) is 0.408. The second-order valence-electron chi connectivity index (χ2n) is 5.38. The molecule has 1 fully saturated rings. The van der Waals surface area contributed by atoms with Crippen LogP contribution in [0, 0.1) is 5.92 Å². The van der Waals surface area contributed by atoms with E-state index in [1.807, 2.05) is 0 Å². The maximum absolute atomic E-state index is 12.2. The van der Waals surface area contributed by atoms with E-state index in [1.54, 1.807) is 24.1 Å². The largest absolute Gasteiger partial charge is 0.506 e. The highest BCUT2D eigenvalue weighted by Gasteiger charge is 2.23. The molecule has 1 amide bonds. The van der Waals surface area contributed by atoms with Gasteiger partial charge < -0.3 is 20.6 Å². The van der Waals surface area contributed by atoms with Crippen LogP contribution < -0.4 is 5.73 Å². The van der Waals surface area contributed by atoms with Crippen LogP contribution in [-0.4, -0.2) is 54.5 Å². The summed E-state index contributed by atoms with van der Waals surface area (Å²) < 4.78 is 0. The molecule has 19 heavy (non-hydrogen) atoms. The molecule has 0 radical (unpaired) electrons. The van der Waals surface area contributed by atoms with E-state index in [2.05, 4.69) is 11.9 Å². The summed E-state index contributed by atoms with van der Waals surface area (Å²) in [4.78, 5) is 16.2. The molecule has 1 saturated heterocycles. The van der Waals surface area contributed by atoms with Gasteiger partial charge >= 0.3 is 0 Å². The highest BCUT2D eigenvalue weighted by Crippen LogP contribution is 2.22. The van der Waals surface area contributed by atoms with Crippen molar-refractivity contribution in [2.24, 2.45) is 5.92 Å². The summed E-state index contributed by atoms with van der Waals surface area (Å²) in [6, 6.07) is 4.63. The van der Waals surface area contributed by atoms with Crippen LogP contribution in [0.4, 0.5) is 5.69 Å². The Morgan fingerprint density at radius 3 is 2.89 bits per heavy atom. The van der Waals surface area contributed by atoms with Crippen LogP contribution in [0.3, 0.4) is 0 Å². The number of carbonyl (C=O) groups is 1. The third kappa shape index (κ3) is 3.17. The maximum atomic E-state index is 12.2. The average molecular weight is 263 g/mol. The van der Waals surface area contributed by atoms with Gasteiger partial charge in [0.2, 0.25) is 0 Å². The molecule has 1 unspecified atom stereocenters. The number of nitrogen functional groups attached to an aromatic ring is 1. The normalized spacial score (nSPS) is 19.6. The Hall–Kier alpha value is -1.75. The molecule has 1 atom stereocenters. The van der Waals surface area contributed by atoms with Gasteiger partial charge in [0.1, 0.15) is 5.75 Å². The number of likely N-dealkylation sites (tertiary alicyclic amines) is 1. The Labute approximate surface area is 113 Å². The molecule has 1 aromatic carbocycles. The first-order valence-electron chi connectivity index (χ1n) is 6.50. The van der Waals surface area contributed by atoms with Crippen molar-refractivity contribution in [3.63, 3.8) is 0 Å². The standard InChI is InChI=1S/C14H21N3O2/c1-16-6-5-10(8-16)9-17(2)14(19)11-3-4-12(15)13(18)7-11/h3-4,7,10,18H,5-6,8-9,15H2,1-2H3. The molecule has 5 heteroatoms. The van der Waals surface area contributed by atoms with Crippen LogP contribution in [0.15, 0.2) is 18.2 Å². The number of aromatic hydroxyl groups is 1. The van der Waals surface area contributed by atoms with Gasteiger partial charge in [-0.15, -0.1) is 0 Å². The van der Waals surface area contributed by atoms with Gasteiger partial charge in [0.15, 0.2) is 0 Å². The Morgan fingerprint density at radius 1 is 1.58 bits per heavy atom. The Balaban J connectivity index is 2.00. The van der Waals surface area contributed by atoms with Crippen molar-refractivity contribution in [1.82, 2.24) is 9.80 Å². The molecule has 3 N–H and O–H groups in total. The summed E-state index contributed by atoms with van der Waals surface area (Å²) in [5, 5.41) is 9.55. The maximum Gasteiger partial charge on any atom is 0.253 e. The van der Waals surface area contributed by atoms with Crippen LogP contribution in [0.1, 0.15) is 16.8 Å². The van der Waals surface area contributed by atoms with Crippen molar-refractivity contribution >= 4 is 11.6 Å². The molecule has 1 aliphatic rings. The monoisotopic (exact) mass is 263 g/mol. The number of phenolic OH excluding ortho intramolecular Hbond substituents is 1. The lowest BCUT2D eigenvalue weighted by molar-refractivity contribution is 0.0773. The topological polar surface area (TPSA) is 69.8 Å². The minimum absolute atomic E-state index is 0.0418. The van der Waals surface area contributed by atoms with Crippen LogP contribution >= 0.6 is 0 Å². The van der Waals surface area contributed by atoms with Gasteiger partial charge in [-0.25, -0.2) is 0 Å². The third-order valence-corrected chi connectivity index (χ3v) is 3.65. The molecule has 1 aromatic rings. The third-order valence-electron chi connectivity index (χ3n) is 3.65. The van der Waals surface area contributed by atoms with E-state index in [0.29, 0.717) is 11.5 Å². The number of phenols is 1. The van der Waals surface area contributed by atoms with Gasteiger partial charge in [-0.05, 0) is 44.1 Å². The quantitative estimate of drug-likeness (QED) is 0.630. The Bertz CT molecular complexity index is 476. The predicted octanol–water partition coefficient (Wildman–Crippen LogP) is 0.998. The fourth-order valence-corrected chi connectivity index (χ4v) is 2.54. The van der Waals surface area contributed by atoms with E-state index in [9.17, 15) is 9.90 Å². The molecule has 0 aromatic heterocycles. The molecular formula is C14H21N3O2. The highest BCUT2D eigenvalue weighted by molar-refractivity contribution is 5.95. The van der Waals surface area contributed by atoms with Crippen LogP contribution in [0.5, 0.6) is 5.75 Å². The van der Waals surface area contributed by atoms with Gasteiger partial charge in [-0.3, -0.25) is 4.79 Å². The highest BCUT2D eigenvalue weighted by atomic mass is 16.3. The van der Waals surface area contributed by atoms with Crippen molar-refractivity contribution in [3.8, 4) is 5.75 Å². The molecule has 0 aliphatic carbocycles. The summed E-state index contributed by atoms with van der Waals surface area (Å²) in [6.45, 7) is 2.87. The second kappa shape index (κ2) is 5.48. The predicted molar refractivity (Wildman–Crippen MR) is 75.1 cm³/mol. The van der Waals surface area contributed by atoms with E-state index in [1.165, 1.54) is 6.07 Å². The fraction of sp³-hybridized carbons (Fsp3) is 0.500. The Kier molecular flexibility index (Phi) is 3.95. The van der Waals surface area contributed by atoms with Crippen molar-refractivity contribution in [2.75, 3.05) is 39.5 Å². The number of amides is 1. The molecule has 1 aliphatic heterocycles. The molecule has 104 valence electrons. The lowest BCUT2D eigenvalue weighted by Crippen LogP contribution is -2.32. The van der Waals surface area contributed by atoms with Crippen molar-refractivity contribution in [1.29, 1.82) is 0 Å². The number of benzene rings is 1. The summed E-state index contributed by atoms with van der Waals surface area (Å²) in [6.07, 6.45) is 1.13. The van der Waals surface area contributed by atoms with Gasteiger partial charge in [0.25, 0.3) is 5.91 Å². The number of nitrogens with two attached hydrogens (primary N) is 1. The van der Waals surface area contributed by atoms with Gasteiger partial charge in [0, 0.05) is 25.7 Å². The van der Waals surface area contributed by atoms with Gasteiger partial charge in [-0.1, -0.05) is 0 Å². The average Bonchev–Trinajstić information content (AvgIpc) is 2.77. The summed E-state index contributed by atoms with van der Waals surface area (Å²) in [5.41, 5.74) is 6.29. The van der Waals surface area contributed by atoms with Crippen molar-refractivity contribution < 1.29 is 9.90 Å². The molecule has 0 bridgehead atoms. The smallest absolute Gasteiger partial charge is 0.253 e. The number of carbonyl (C=O) groups excluding carboxylic acids is 1. The minimum Gasteiger partial charge on any atom is -0.506 e. The van der Waals surface area contributed by atoms with Crippen LogP contribution in [-0.2, 0) is 0 Å². The summed E-state index contributed by atoms with van der Waals surface area (Å²) >= 11 is 0. The van der Waals surface area contributed by atoms with E-state index in [4.69, 9.17) is 5.73 Å². The minimum atomic E-state index is -0.0788. The second-order valence-corrected chi connectivity index (χ2v) is 5.38. The van der Waals surface area contributed by atoms with Gasteiger partial charge in [0.05, 0.1) is 5.69 Å². The first-order chi connectivity index (χ1) is 8.97. The lowest BCUT2D eigenvalue weighted by atomic mass is 10.1. The molecule has 5 nitrogen and oxygen atoms in total. The van der Waals surface area contributed by atoms with Crippen LogP contribution in [0.2, 0.25) is 0 Å². The lowest BCUT2D eigenvalue weighted by Gasteiger charge is -2.21. The molecule has 0 saturated carbocycles. The van der Waals surface area contributed by atoms with Gasteiger partial charge in [-0.2, -0.15) is 0 Å². The Morgan fingerprint density at radius 2 is 2.32 bits per heavy atom. The molecular weight excluding hydrogens is 242 g/mol. The molecule has 0 spiro atoms. The van der Waals surface area contributed by atoms with Crippen molar-refractivity contribution in [3.05, 3.63) is 23.8 Å². The fourth-order valence-electron chi connectivity index (χ4n) is 2.54. The van der Waals surface area contributed by atoms with Crippen LogP contribution in [0.25, 0.3) is 0 Å². The molecule has 2 rings (SSSR count). The van der Waals surface area contributed by atoms with E-state index >= 15 is 0 Å². The number of hydrogen-bond donors (Lipinski definition) is 2. The number of nitrogens with zero attached hydrogens (tertiary/aromatic N) is 2. The molecule has 1 heterocycles. The first kappa shape index (κ1) is 13.7. The zero-order valence-electron chi connectivity index (χ0n) is 11.5. The van der Waals surface area contributed by atoms with Crippen molar-refractivity contribution in [2.45, 2.75) is 6.42 Å². The first-order valence-corrected chi connectivity index (χ1v) is 6.50. The van der Waals surface area contributed by atoms with E-state index in [-0.39, 0.29) is 17.3 Å². The SMILES string of the molecule is CN1CCC(CN(C)C(=O)c2ccc(N)c(O)c2)C1.